The molecule has 18 heavy (non-hydrogen) atoms. The highest BCUT2D eigenvalue weighted by Crippen LogP contribution is 2.24. The fraction of sp³-hybridized carbons (Fsp3) is 0.706. The Balaban J connectivity index is 2.32. The normalized spacial score (nSPS) is 21.6. The average Bonchev–Trinajstić information content (AvgIpc) is 2.50. The van der Waals surface area contributed by atoms with Gasteiger partial charge < -0.3 is 0 Å². The molecule has 1 aliphatic carbocycles. The third-order valence-electron chi connectivity index (χ3n) is 3.73. The highest BCUT2D eigenvalue weighted by Gasteiger charge is 2.16. The second-order valence-electron chi connectivity index (χ2n) is 5.96. The van der Waals surface area contributed by atoms with Crippen molar-refractivity contribution in [2.45, 2.75) is 72.1 Å². The number of ketones is 1. The van der Waals surface area contributed by atoms with E-state index in [0.29, 0.717) is 11.7 Å². The van der Waals surface area contributed by atoms with Crippen LogP contribution in [0.5, 0.6) is 0 Å². The Bertz CT molecular complexity index is 319. The van der Waals surface area contributed by atoms with Gasteiger partial charge in [0.25, 0.3) is 0 Å². The number of allylic oxidation sites excluding steroid dienone is 4. The molecule has 0 bridgehead atoms. The molecular weight excluding hydrogens is 220 g/mol. The van der Waals surface area contributed by atoms with Crippen molar-refractivity contribution < 1.29 is 4.79 Å². The SMILES string of the molecule is CC(C)=CCC/C(C)=C/CC1CCCCC(=O)C1. The van der Waals surface area contributed by atoms with Crippen LogP contribution in [0.2, 0.25) is 0 Å². The Labute approximate surface area is 112 Å². The largest absolute Gasteiger partial charge is 0.300 e. The number of carbonyl (C=O) groups excluding carboxylic acids is 1. The van der Waals surface area contributed by atoms with Crippen LogP contribution in [0, 0.1) is 5.92 Å². The molecule has 0 amide bonds. The zero-order chi connectivity index (χ0) is 13.4. The molecule has 1 unspecified atom stereocenters. The first kappa shape index (κ1) is 15.2. The molecular formula is C17H28O. The van der Waals surface area contributed by atoms with Crippen molar-refractivity contribution in [1.82, 2.24) is 0 Å². The summed E-state index contributed by atoms with van der Waals surface area (Å²) in [5.74, 6) is 1.09. The minimum Gasteiger partial charge on any atom is -0.300 e. The number of carbonyl (C=O) groups is 1. The van der Waals surface area contributed by atoms with Gasteiger partial charge in [0.05, 0.1) is 0 Å². The zero-order valence-electron chi connectivity index (χ0n) is 12.3. The maximum atomic E-state index is 11.6. The molecule has 0 aliphatic heterocycles. The molecule has 1 rings (SSSR count). The summed E-state index contributed by atoms with van der Waals surface area (Å²) < 4.78 is 0. The minimum atomic E-state index is 0.480. The van der Waals surface area contributed by atoms with E-state index in [1.54, 1.807) is 0 Å². The number of hydrogen-bond acceptors (Lipinski definition) is 1. The number of hydrogen-bond donors (Lipinski definition) is 0. The van der Waals surface area contributed by atoms with Crippen LogP contribution in [0.4, 0.5) is 0 Å². The highest BCUT2D eigenvalue weighted by atomic mass is 16.1. The summed E-state index contributed by atoms with van der Waals surface area (Å²) in [7, 11) is 0. The third kappa shape index (κ3) is 6.78. The lowest BCUT2D eigenvalue weighted by Crippen LogP contribution is -2.04. The highest BCUT2D eigenvalue weighted by molar-refractivity contribution is 5.78. The molecule has 0 aromatic carbocycles. The molecule has 0 N–H and O–H groups in total. The summed E-state index contributed by atoms with van der Waals surface area (Å²) in [5.41, 5.74) is 2.88. The molecule has 0 aromatic heterocycles. The van der Waals surface area contributed by atoms with Crippen molar-refractivity contribution in [3.63, 3.8) is 0 Å². The van der Waals surface area contributed by atoms with E-state index in [4.69, 9.17) is 0 Å². The minimum absolute atomic E-state index is 0.480. The van der Waals surface area contributed by atoms with Gasteiger partial charge in [-0.15, -0.1) is 0 Å². The lowest BCUT2D eigenvalue weighted by molar-refractivity contribution is -0.119. The van der Waals surface area contributed by atoms with Crippen LogP contribution in [0.1, 0.15) is 72.1 Å². The van der Waals surface area contributed by atoms with E-state index in [-0.39, 0.29) is 0 Å². The van der Waals surface area contributed by atoms with Crippen LogP contribution < -0.4 is 0 Å². The topological polar surface area (TPSA) is 17.1 Å². The second-order valence-corrected chi connectivity index (χ2v) is 5.96. The number of Topliss-reactive ketones (excluding diaryl/α,β-unsaturated/α-hetero) is 1. The standard InChI is InChI=1S/C17H28O/c1-14(2)7-6-8-15(3)11-12-16-9-4-5-10-17(18)13-16/h7,11,16H,4-6,8-10,12-13H2,1-3H3/b15-11+. The molecule has 0 aromatic rings. The lowest BCUT2D eigenvalue weighted by atomic mass is 9.94. The van der Waals surface area contributed by atoms with Crippen molar-refractivity contribution in [2.75, 3.05) is 0 Å². The van der Waals surface area contributed by atoms with Crippen molar-refractivity contribution in [3.05, 3.63) is 23.3 Å². The van der Waals surface area contributed by atoms with Crippen molar-refractivity contribution >= 4 is 5.78 Å². The molecule has 0 radical (unpaired) electrons. The Morgan fingerprint density at radius 2 is 2.00 bits per heavy atom. The van der Waals surface area contributed by atoms with Crippen molar-refractivity contribution in [3.8, 4) is 0 Å². The third-order valence-corrected chi connectivity index (χ3v) is 3.73. The molecule has 1 saturated carbocycles. The van der Waals surface area contributed by atoms with Crippen LogP contribution in [0.25, 0.3) is 0 Å². The molecule has 1 atom stereocenters. The van der Waals surface area contributed by atoms with Gasteiger partial charge in [0.2, 0.25) is 0 Å². The Morgan fingerprint density at radius 1 is 1.22 bits per heavy atom. The van der Waals surface area contributed by atoms with Crippen molar-refractivity contribution in [1.29, 1.82) is 0 Å². The van der Waals surface area contributed by atoms with Gasteiger partial charge in [0, 0.05) is 12.8 Å². The second kappa shape index (κ2) is 8.29. The van der Waals surface area contributed by atoms with Crippen LogP contribution in [-0.2, 0) is 4.79 Å². The molecule has 0 spiro atoms. The molecule has 1 nitrogen and oxygen atoms in total. The van der Waals surface area contributed by atoms with Gasteiger partial charge in [0.1, 0.15) is 5.78 Å². The van der Waals surface area contributed by atoms with Gasteiger partial charge in [-0.25, -0.2) is 0 Å². The summed E-state index contributed by atoms with van der Waals surface area (Å²) in [6.45, 7) is 6.52. The van der Waals surface area contributed by atoms with Gasteiger partial charge in [-0.3, -0.25) is 4.79 Å². The smallest absolute Gasteiger partial charge is 0.133 e. The van der Waals surface area contributed by atoms with E-state index in [1.165, 1.54) is 24.0 Å². The Morgan fingerprint density at radius 3 is 2.72 bits per heavy atom. The summed E-state index contributed by atoms with van der Waals surface area (Å²) in [4.78, 5) is 11.6. The Kier molecular flexibility index (Phi) is 7.00. The fourth-order valence-corrected chi connectivity index (χ4v) is 2.54. The van der Waals surface area contributed by atoms with E-state index >= 15 is 0 Å². The van der Waals surface area contributed by atoms with E-state index in [2.05, 4.69) is 32.9 Å². The van der Waals surface area contributed by atoms with E-state index in [0.717, 1.165) is 38.5 Å². The van der Waals surface area contributed by atoms with Crippen molar-refractivity contribution in [2.24, 2.45) is 5.92 Å². The van der Waals surface area contributed by atoms with Gasteiger partial charge in [-0.05, 0) is 58.8 Å². The average molecular weight is 248 g/mol. The molecule has 1 aliphatic rings. The molecule has 0 heterocycles. The van der Waals surface area contributed by atoms with E-state index in [9.17, 15) is 4.79 Å². The van der Waals surface area contributed by atoms with Gasteiger partial charge in [-0.2, -0.15) is 0 Å². The van der Waals surface area contributed by atoms with E-state index in [1.807, 2.05) is 0 Å². The fourth-order valence-electron chi connectivity index (χ4n) is 2.54. The van der Waals surface area contributed by atoms with Gasteiger partial charge in [0.15, 0.2) is 0 Å². The van der Waals surface area contributed by atoms with Gasteiger partial charge >= 0.3 is 0 Å². The first-order valence-electron chi connectivity index (χ1n) is 7.38. The molecule has 1 heteroatoms. The first-order chi connectivity index (χ1) is 8.58. The molecule has 102 valence electrons. The monoisotopic (exact) mass is 248 g/mol. The summed E-state index contributed by atoms with van der Waals surface area (Å²) >= 11 is 0. The quantitative estimate of drug-likeness (QED) is 0.481. The first-order valence-corrected chi connectivity index (χ1v) is 7.38. The van der Waals surface area contributed by atoms with Gasteiger partial charge in [-0.1, -0.05) is 29.7 Å². The Hall–Kier alpha value is -0.850. The van der Waals surface area contributed by atoms with Crippen LogP contribution in [0.3, 0.4) is 0 Å². The predicted molar refractivity (Wildman–Crippen MR) is 78.6 cm³/mol. The van der Waals surface area contributed by atoms with Crippen LogP contribution >= 0.6 is 0 Å². The number of rotatable bonds is 5. The maximum Gasteiger partial charge on any atom is 0.133 e. The predicted octanol–water partition coefficient (Wildman–Crippen LogP) is 5.22. The summed E-state index contributed by atoms with van der Waals surface area (Å²) in [6.07, 6.45) is 13.3. The van der Waals surface area contributed by atoms with Crippen LogP contribution in [-0.4, -0.2) is 5.78 Å². The molecule has 1 fully saturated rings. The van der Waals surface area contributed by atoms with E-state index < -0.39 is 0 Å². The molecule has 0 saturated heterocycles. The maximum absolute atomic E-state index is 11.6. The summed E-state index contributed by atoms with van der Waals surface area (Å²) in [6, 6.07) is 0. The zero-order valence-corrected chi connectivity index (χ0v) is 12.3. The summed E-state index contributed by atoms with van der Waals surface area (Å²) in [5, 5.41) is 0. The lowest BCUT2D eigenvalue weighted by Gasteiger charge is -2.10. The van der Waals surface area contributed by atoms with Crippen LogP contribution in [0.15, 0.2) is 23.3 Å².